The lowest BCUT2D eigenvalue weighted by Gasteiger charge is -2.33. The van der Waals surface area contributed by atoms with E-state index in [1.165, 1.54) is 11.9 Å². The van der Waals surface area contributed by atoms with E-state index in [1.807, 2.05) is 61.5 Å². The maximum absolute atomic E-state index is 13.8. The van der Waals surface area contributed by atoms with E-state index in [2.05, 4.69) is 21.2 Å². The number of aryl methyl sites for hydroxylation is 1. The van der Waals surface area contributed by atoms with Gasteiger partial charge in [-0.05, 0) is 42.3 Å². The number of anilines is 1. The molecule has 0 aliphatic heterocycles. The molecule has 3 aromatic carbocycles. The minimum absolute atomic E-state index is 0.134. The second kappa shape index (κ2) is 12.2. The van der Waals surface area contributed by atoms with E-state index >= 15 is 0 Å². The third-order valence-electron chi connectivity index (χ3n) is 5.76. The normalized spacial score (nSPS) is 12.0. The van der Waals surface area contributed by atoms with Crippen LogP contribution in [0.3, 0.4) is 0 Å². The molecule has 3 rings (SSSR count). The van der Waals surface area contributed by atoms with E-state index in [-0.39, 0.29) is 18.9 Å². The van der Waals surface area contributed by atoms with Gasteiger partial charge in [-0.15, -0.1) is 0 Å². The number of nitrogens with one attached hydrogen (secondary N) is 1. The second-order valence-corrected chi connectivity index (χ2v) is 11.4. The van der Waals surface area contributed by atoms with Gasteiger partial charge in [-0.3, -0.25) is 13.9 Å². The molecule has 0 radical (unpaired) electrons. The third kappa shape index (κ3) is 7.41. The fourth-order valence-corrected chi connectivity index (χ4v) is 5.17. The van der Waals surface area contributed by atoms with Crippen molar-refractivity contribution in [1.82, 2.24) is 10.2 Å². The molecule has 0 aromatic heterocycles. The van der Waals surface area contributed by atoms with E-state index in [9.17, 15) is 18.0 Å². The molecule has 3 aromatic rings. The van der Waals surface area contributed by atoms with Gasteiger partial charge in [0.15, 0.2) is 0 Å². The van der Waals surface area contributed by atoms with E-state index in [1.54, 1.807) is 24.3 Å². The smallest absolute Gasteiger partial charge is 0.244 e. The van der Waals surface area contributed by atoms with Gasteiger partial charge in [-0.25, -0.2) is 8.42 Å². The van der Waals surface area contributed by atoms with Gasteiger partial charge < -0.3 is 10.2 Å². The molecule has 0 bridgehead atoms. The highest BCUT2D eigenvalue weighted by Crippen LogP contribution is 2.21. The van der Waals surface area contributed by atoms with Crippen LogP contribution in [-0.4, -0.2) is 51.0 Å². The summed E-state index contributed by atoms with van der Waals surface area (Å²) in [6.45, 7) is 1.60. The standard InChI is InChI=1S/C27H30BrN3O4S/c1-20-12-14-24(15-13-20)31(36(3,34)35)19-26(32)30(18-22-10-7-11-23(28)16-22)25(27(33)29-2)17-21-8-5-4-6-9-21/h4-16,25H,17-19H2,1-3H3,(H,29,33)/t25-/m0/s1. The highest BCUT2D eigenvalue weighted by atomic mass is 79.9. The van der Waals surface area contributed by atoms with Gasteiger partial charge in [0.1, 0.15) is 12.6 Å². The molecular weight excluding hydrogens is 542 g/mol. The number of hydrogen-bond acceptors (Lipinski definition) is 4. The Hall–Kier alpha value is -3.17. The molecule has 1 N–H and O–H groups in total. The van der Waals surface area contributed by atoms with Crippen molar-refractivity contribution in [3.05, 3.63) is 100 Å². The summed E-state index contributed by atoms with van der Waals surface area (Å²) in [5.41, 5.74) is 3.05. The number of carbonyl (C=O) groups is 2. The predicted molar refractivity (Wildman–Crippen MR) is 146 cm³/mol. The zero-order valence-electron chi connectivity index (χ0n) is 20.5. The summed E-state index contributed by atoms with van der Waals surface area (Å²) >= 11 is 3.46. The van der Waals surface area contributed by atoms with Crippen molar-refractivity contribution in [3.63, 3.8) is 0 Å². The Labute approximate surface area is 221 Å². The molecule has 0 heterocycles. The third-order valence-corrected chi connectivity index (χ3v) is 7.39. The first-order valence-electron chi connectivity index (χ1n) is 11.4. The maximum atomic E-state index is 13.8. The van der Waals surface area contributed by atoms with Gasteiger partial charge in [0.05, 0.1) is 11.9 Å². The van der Waals surface area contributed by atoms with E-state index in [4.69, 9.17) is 0 Å². The van der Waals surface area contributed by atoms with Gasteiger partial charge in [-0.2, -0.15) is 0 Å². The molecular formula is C27H30BrN3O4S. The average Bonchev–Trinajstić information content (AvgIpc) is 2.84. The van der Waals surface area contributed by atoms with Crippen LogP contribution in [0.5, 0.6) is 0 Å². The van der Waals surface area contributed by atoms with E-state index in [0.717, 1.165) is 31.7 Å². The average molecular weight is 573 g/mol. The van der Waals surface area contributed by atoms with Crippen molar-refractivity contribution in [2.45, 2.75) is 25.9 Å². The van der Waals surface area contributed by atoms with Crippen LogP contribution in [-0.2, 0) is 32.6 Å². The number of hydrogen-bond donors (Lipinski definition) is 1. The molecule has 0 saturated carbocycles. The highest BCUT2D eigenvalue weighted by Gasteiger charge is 2.32. The van der Waals surface area contributed by atoms with Crippen molar-refractivity contribution in [3.8, 4) is 0 Å². The Morgan fingerprint density at radius 2 is 1.58 bits per heavy atom. The number of rotatable bonds is 10. The molecule has 9 heteroatoms. The van der Waals surface area contributed by atoms with Crippen molar-refractivity contribution in [1.29, 1.82) is 0 Å². The predicted octanol–water partition coefficient (Wildman–Crippen LogP) is 3.91. The molecule has 0 unspecified atom stereocenters. The van der Waals surface area contributed by atoms with Crippen LogP contribution in [0.4, 0.5) is 5.69 Å². The summed E-state index contributed by atoms with van der Waals surface area (Å²) < 4.78 is 27.3. The zero-order chi connectivity index (χ0) is 26.3. The molecule has 0 spiro atoms. The van der Waals surface area contributed by atoms with Gasteiger partial charge in [0, 0.05) is 24.5 Å². The van der Waals surface area contributed by atoms with Crippen molar-refractivity contribution in [2.75, 3.05) is 24.2 Å². The van der Waals surface area contributed by atoms with Crippen LogP contribution in [0.1, 0.15) is 16.7 Å². The summed E-state index contributed by atoms with van der Waals surface area (Å²) in [6.07, 6.45) is 1.35. The molecule has 7 nitrogen and oxygen atoms in total. The molecule has 2 amide bonds. The number of likely N-dealkylation sites (N-methyl/N-ethyl adjacent to an activating group) is 1. The first-order valence-corrected chi connectivity index (χ1v) is 14.1. The molecule has 0 saturated heterocycles. The van der Waals surface area contributed by atoms with Gasteiger partial charge in [0.25, 0.3) is 0 Å². The van der Waals surface area contributed by atoms with Crippen LogP contribution in [0, 0.1) is 6.92 Å². The number of amides is 2. The van der Waals surface area contributed by atoms with Gasteiger partial charge in [0.2, 0.25) is 21.8 Å². The Bertz CT molecular complexity index is 1300. The van der Waals surface area contributed by atoms with Crippen LogP contribution in [0.2, 0.25) is 0 Å². The fraction of sp³-hybridized carbons (Fsp3) is 0.259. The molecule has 0 aliphatic rings. The summed E-state index contributed by atoms with van der Waals surface area (Å²) in [5.74, 6) is -0.811. The van der Waals surface area contributed by atoms with Crippen LogP contribution in [0.25, 0.3) is 0 Å². The summed E-state index contributed by atoms with van der Waals surface area (Å²) in [5, 5.41) is 2.67. The molecule has 1 atom stereocenters. The van der Waals surface area contributed by atoms with Crippen molar-refractivity contribution in [2.24, 2.45) is 0 Å². The molecule has 190 valence electrons. The number of carbonyl (C=O) groups excluding carboxylic acids is 2. The van der Waals surface area contributed by atoms with Gasteiger partial charge >= 0.3 is 0 Å². The van der Waals surface area contributed by atoms with Crippen molar-refractivity contribution < 1.29 is 18.0 Å². The fourth-order valence-electron chi connectivity index (χ4n) is 3.88. The SMILES string of the molecule is CNC(=O)[C@H](Cc1ccccc1)N(Cc1cccc(Br)c1)C(=O)CN(c1ccc(C)cc1)S(C)(=O)=O. The summed E-state index contributed by atoms with van der Waals surface area (Å²) in [6, 6.07) is 23.0. The molecule has 0 fully saturated rings. The lowest BCUT2D eigenvalue weighted by molar-refractivity contribution is -0.139. The van der Waals surface area contributed by atoms with E-state index in [0.29, 0.717) is 5.69 Å². The van der Waals surface area contributed by atoms with Crippen molar-refractivity contribution >= 4 is 43.5 Å². The number of sulfonamides is 1. The highest BCUT2D eigenvalue weighted by molar-refractivity contribution is 9.10. The van der Waals surface area contributed by atoms with Crippen LogP contribution in [0.15, 0.2) is 83.3 Å². The lowest BCUT2D eigenvalue weighted by atomic mass is 10.0. The first kappa shape index (κ1) is 27.4. The lowest BCUT2D eigenvalue weighted by Crippen LogP contribution is -2.52. The first-order chi connectivity index (χ1) is 17.1. The monoisotopic (exact) mass is 571 g/mol. The minimum Gasteiger partial charge on any atom is -0.357 e. The summed E-state index contributed by atoms with van der Waals surface area (Å²) in [7, 11) is -2.25. The van der Waals surface area contributed by atoms with Gasteiger partial charge in [-0.1, -0.05) is 76.1 Å². The molecule has 0 aliphatic carbocycles. The Morgan fingerprint density at radius 1 is 0.944 bits per heavy atom. The minimum atomic E-state index is -3.77. The maximum Gasteiger partial charge on any atom is 0.244 e. The Morgan fingerprint density at radius 3 is 2.17 bits per heavy atom. The topological polar surface area (TPSA) is 86.8 Å². The summed E-state index contributed by atoms with van der Waals surface area (Å²) in [4.78, 5) is 28.3. The second-order valence-electron chi connectivity index (χ2n) is 8.58. The number of nitrogens with zero attached hydrogens (tertiary/aromatic N) is 2. The Kier molecular flexibility index (Phi) is 9.28. The number of halogens is 1. The zero-order valence-corrected chi connectivity index (χ0v) is 22.9. The largest absolute Gasteiger partial charge is 0.357 e. The number of benzene rings is 3. The quantitative estimate of drug-likeness (QED) is 0.399. The van der Waals surface area contributed by atoms with Crippen LogP contribution >= 0.6 is 15.9 Å². The van der Waals surface area contributed by atoms with Crippen LogP contribution < -0.4 is 9.62 Å². The molecule has 36 heavy (non-hydrogen) atoms. The Balaban J connectivity index is 2.02. The van der Waals surface area contributed by atoms with E-state index < -0.39 is 28.5 Å².